The lowest BCUT2D eigenvalue weighted by molar-refractivity contribution is 0.401. The van der Waals surface area contributed by atoms with E-state index in [1.807, 2.05) is 24.3 Å². The molecule has 0 fully saturated rings. The van der Waals surface area contributed by atoms with Crippen LogP contribution in [0.15, 0.2) is 47.1 Å². The van der Waals surface area contributed by atoms with Gasteiger partial charge in [0.2, 0.25) is 5.88 Å². The molecule has 2 heterocycles. The SMILES string of the molecule is COc1nc(Nc2cccc3cc(Br)cnc23)ccc1N. The van der Waals surface area contributed by atoms with Gasteiger partial charge in [-0.15, -0.1) is 0 Å². The summed E-state index contributed by atoms with van der Waals surface area (Å²) in [6, 6.07) is 11.5. The molecule has 6 heteroatoms. The second-order valence-corrected chi connectivity index (χ2v) is 5.37. The summed E-state index contributed by atoms with van der Waals surface area (Å²) >= 11 is 3.42. The van der Waals surface area contributed by atoms with Gasteiger partial charge in [0.25, 0.3) is 0 Å². The monoisotopic (exact) mass is 344 g/mol. The summed E-state index contributed by atoms with van der Waals surface area (Å²) in [5.74, 6) is 1.05. The third-order valence-corrected chi connectivity index (χ3v) is 3.46. The number of pyridine rings is 2. The van der Waals surface area contributed by atoms with Crippen LogP contribution < -0.4 is 15.8 Å². The molecule has 0 amide bonds. The number of halogens is 1. The minimum Gasteiger partial charge on any atom is -0.479 e. The zero-order chi connectivity index (χ0) is 14.8. The van der Waals surface area contributed by atoms with Crippen molar-refractivity contribution in [1.82, 2.24) is 9.97 Å². The van der Waals surface area contributed by atoms with Gasteiger partial charge < -0.3 is 15.8 Å². The van der Waals surface area contributed by atoms with Gasteiger partial charge in [0.05, 0.1) is 24.0 Å². The lowest BCUT2D eigenvalue weighted by atomic mass is 10.2. The van der Waals surface area contributed by atoms with Crippen molar-refractivity contribution >= 4 is 44.0 Å². The van der Waals surface area contributed by atoms with Gasteiger partial charge in [-0.05, 0) is 40.2 Å². The molecule has 0 saturated heterocycles. The number of fused-ring (bicyclic) bond motifs is 1. The summed E-state index contributed by atoms with van der Waals surface area (Å²) in [6.07, 6.45) is 1.77. The molecule has 0 aliphatic heterocycles. The summed E-state index contributed by atoms with van der Waals surface area (Å²) in [6.45, 7) is 0. The Bertz CT molecular complexity index is 807. The van der Waals surface area contributed by atoms with Crippen molar-refractivity contribution < 1.29 is 4.74 Å². The largest absolute Gasteiger partial charge is 0.479 e. The van der Waals surface area contributed by atoms with Crippen LogP contribution in [0.25, 0.3) is 10.9 Å². The average molecular weight is 345 g/mol. The number of para-hydroxylation sites is 1. The topological polar surface area (TPSA) is 73.1 Å². The van der Waals surface area contributed by atoms with Crippen molar-refractivity contribution in [3.8, 4) is 5.88 Å². The third-order valence-electron chi connectivity index (χ3n) is 3.02. The first-order valence-corrected chi connectivity index (χ1v) is 7.08. The molecule has 3 aromatic rings. The minimum atomic E-state index is 0.399. The summed E-state index contributed by atoms with van der Waals surface area (Å²) in [4.78, 5) is 8.76. The van der Waals surface area contributed by atoms with Crippen LogP contribution in [0, 0.1) is 0 Å². The van der Waals surface area contributed by atoms with Crippen molar-refractivity contribution in [3.05, 3.63) is 47.1 Å². The molecule has 0 unspecified atom stereocenters. The fourth-order valence-corrected chi connectivity index (χ4v) is 2.41. The lowest BCUT2D eigenvalue weighted by Gasteiger charge is -2.10. The standard InChI is InChI=1S/C15H13BrN4O/c1-21-15-11(17)5-6-13(20-15)19-12-4-2-3-9-7-10(16)8-18-14(9)12/h2-8H,17H2,1H3,(H,19,20). The Hall–Kier alpha value is -2.34. The van der Waals surface area contributed by atoms with Crippen LogP contribution in [0.3, 0.4) is 0 Å². The van der Waals surface area contributed by atoms with Gasteiger partial charge in [-0.3, -0.25) is 4.98 Å². The number of aromatic nitrogens is 2. The predicted octanol–water partition coefficient (Wildman–Crippen LogP) is 3.73. The van der Waals surface area contributed by atoms with Crippen LogP contribution >= 0.6 is 15.9 Å². The zero-order valence-electron chi connectivity index (χ0n) is 11.3. The van der Waals surface area contributed by atoms with Crippen LogP contribution in [0.4, 0.5) is 17.2 Å². The minimum absolute atomic E-state index is 0.399. The molecule has 106 valence electrons. The van der Waals surface area contributed by atoms with Crippen LogP contribution in [-0.4, -0.2) is 17.1 Å². The van der Waals surface area contributed by atoms with E-state index in [2.05, 4.69) is 31.2 Å². The van der Waals surface area contributed by atoms with Crippen LogP contribution in [0.5, 0.6) is 5.88 Å². The van der Waals surface area contributed by atoms with Crippen LogP contribution in [0.1, 0.15) is 0 Å². The van der Waals surface area contributed by atoms with E-state index < -0.39 is 0 Å². The zero-order valence-corrected chi connectivity index (χ0v) is 12.9. The highest BCUT2D eigenvalue weighted by molar-refractivity contribution is 9.10. The summed E-state index contributed by atoms with van der Waals surface area (Å²) in [7, 11) is 1.54. The van der Waals surface area contributed by atoms with Crippen molar-refractivity contribution in [1.29, 1.82) is 0 Å². The number of ether oxygens (including phenoxy) is 1. The predicted molar refractivity (Wildman–Crippen MR) is 87.9 cm³/mol. The molecule has 0 radical (unpaired) electrons. The van der Waals surface area contributed by atoms with Gasteiger partial charge in [-0.1, -0.05) is 12.1 Å². The Kier molecular flexibility index (Phi) is 3.62. The summed E-state index contributed by atoms with van der Waals surface area (Å²) in [5.41, 5.74) is 8.02. The molecule has 0 atom stereocenters. The lowest BCUT2D eigenvalue weighted by Crippen LogP contribution is -2.00. The Labute approximate surface area is 130 Å². The molecule has 3 N–H and O–H groups in total. The Balaban J connectivity index is 2.02. The number of benzene rings is 1. The molecule has 5 nitrogen and oxygen atoms in total. The second-order valence-electron chi connectivity index (χ2n) is 4.45. The van der Waals surface area contributed by atoms with E-state index in [0.29, 0.717) is 17.4 Å². The van der Waals surface area contributed by atoms with E-state index in [0.717, 1.165) is 21.1 Å². The molecular weight excluding hydrogens is 332 g/mol. The number of nitrogen functional groups attached to an aromatic ring is 1. The number of hydrogen-bond donors (Lipinski definition) is 2. The smallest absolute Gasteiger partial charge is 0.238 e. The molecule has 0 saturated carbocycles. The maximum atomic E-state index is 5.77. The highest BCUT2D eigenvalue weighted by Gasteiger charge is 2.06. The van der Waals surface area contributed by atoms with Crippen molar-refractivity contribution in [2.75, 3.05) is 18.2 Å². The first kappa shape index (κ1) is 13.6. The summed E-state index contributed by atoms with van der Waals surface area (Å²) < 4.78 is 6.07. The van der Waals surface area contributed by atoms with Gasteiger partial charge in [0, 0.05) is 16.1 Å². The Morgan fingerprint density at radius 1 is 1.24 bits per heavy atom. The van der Waals surface area contributed by atoms with Gasteiger partial charge in [0.15, 0.2) is 0 Å². The van der Waals surface area contributed by atoms with Gasteiger partial charge >= 0.3 is 0 Å². The van der Waals surface area contributed by atoms with Crippen molar-refractivity contribution in [2.45, 2.75) is 0 Å². The molecule has 0 bridgehead atoms. The molecule has 0 aliphatic rings. The number of hydrogen-bond acceptors (Lipinski definition) is 5. The summed E-state index contributed by atoms with van der Waals surface area (Å²) in [5, 5.41) is 4.28. The quantitative estimate of drug-likeness (QED) is 0.757. The number of nitrogens with one attached hydrogen (secondary N) is 1. The van der Waals surface area contributed by atoms with Gasteiger partial charge in [0.1, 0.15) is 5.82 Å². The van der Waals surface area contributed by atoms with Gasteiger partial charge in [-0.25, -0.2) is 0 Å². The number of rotatable bonds is 3. The third kappa shape index (κ3) is 2.75. The molecule has 0 spiro atoms. The van der Waals surface area contributed by atoms with E-state index in [4.69, 9.17) is 10.5 Å². The molecule has 3 rings (SSSR count). The van der Waals surface area contributed by atoms with Crippen molar-refractivity contribution in [2.24, 2.45) is 0 Å². The molecule has 21 heavy (non-hydrogen) atoms. The number of nitrogens with zero attached hydrogens (tertiary/aromatic N) is 2. The maximum Gasteiger partial charge on any atom is 0.238 e. The van der Waals surface area contributed by atoms with E-state index in [9.17, 15) is 0 Å². The molecule has 1 aromatic carbocycles. The Morgan fingerprint density at radius 2 is 2.10 bits per heavy atom. The first-order chi connectivity index (χ1) is 10.2. The molecule has 0 aliphatic carbocycles. The molecular formula is C15H13BrN4O. The fourth-order valence-electron chi connectivity index (χ4n) is 2.06. The second kappa shape index (κ2) is 5.57. The highest BCUT2D eigenvalue weighted by atomic mass is 79.9. The fraction of sp³-hybridized carbons (Fsp3) is 0.0667. The average Bonchev–Trinajstić information content (AvgIpc) is 2.49. The van der Waals surface area contributed by atoms with E-state index in [-0.39, 0.29) is 0 Å². The number of nitrogens with two attached hydrogens (primary N) is 1. The number of anilines is 3. The first-order valence-electron chi connectivity index (χ1n) is 6.29. The van der Waals surface area contributed by atoms with Crippen LogP contribution in [-0.2, 0) is 0 Å². The van der Waals surface area contributed by atoms with E-state index in [1.165, 1.54) is 0 Å². The van der Waals surface area contributed by atoms with E-state index >= 15 is 0 Å². The highest BCUT2D eigenvalue weighted by Crippen LogP contribution is 2.28. The van der Waals surface area contributed by atoms with Crippen molar-refractivity contribution in [3.63, 3.8) is 0 Å². The van der Waals surface area contributed by atoms with Crippen LogP contribution in [0.2, 0.25) is 0 Å². The maximum absolute atomic E-state index is 5.77. The normalized spacial score (nSPS) is 10.6. The molecule has 2 aromatic heterocycles. The van der Waals surface area contributed by atoms with E-state index in [1.54, 1.807) is 25.4 Å². The van der Waals surface area contributed by atoms with Gasteiger partial charge in [-0.2, -0.15) is 4.98 Å². The Morgan fingerprint density at radius 3 is 2.90 bits per heavy atom. The number of methoxy groups -OCH3 is 1.